The second kappa shape index (κ2) is 11.7. The van der Waals surface area contributed by atoms with Crippen molar-refractivity contribution in [3.05, 3.63) is 106 Å². The number of sulfonamides is 1. The molecule has 0 bridgehead atoms. The quantitative estimate of drug-likeness (QED) is 0.194. The van der Waals surface area contributed by atoms with Gasteiger partial charge >= 0.3 is 0 Å². The number of H-pyrrole nitrogens is 1. The van der Waals surface area contributed by atoms with Crippen LogP contribution in [-0.4, -0.2) is 57.7 Å². The summed E-state index contributed by atoms with van der Waals surface area (Å²) in [6.45, 7) is 0. The maximum absolute atomic E-state index is 13.7. The molecule has 1 aliphatic heterocycles. The molecule has 0 fully saturated rings. The summed E-state index contributed by atoms with van der Waals surface area (Å²) >= 11 is 1.02. The number of benzene rings is 3. The highest BCUT2D eigenvalue weighted by Crippen LogP contribution is 2.34. The Morgan fingerprint density at radius 2 is 1.80 bits per heavy atom. The summed E-state index contributed by atoms with van der Waals surface area (Å²) in [4.78, 5) is 33.5. The lowest BCUT2D eigenvalue weighted by atomic mass is 9.98. The Labute approximate surface area is 254 Å². The van der Waals surface area contributed by atoms with E-state index in [1.54, 1.807) is 19.2 Å². The predicted molar refractivity (Wildman–Crippen MR) is 162 cm³/mol. The van der Waals surface area contributed by atoms with Gasteiger partial charge in [0.1, 0.15) is 17.0 Å². The summed E-state index contributed by atoms with van der Waals surface area (Å²) in [5.74, 6) is -0.154. The first kappa shape index (κ1) is 29.2. The van der Waals surface area contributed by atoms with Gasteiger partial charge in [-0.25, -0.2) is 32.6 Å². The molecule has 3 N–H and O–H groups in total. The third-order valence-electron chi connectivity index (χ3n) is 7.00. The van der Waals surface area contributed by atoms with Crippen LogP contribution in [0.15, 0.2) is 98.9 Å². The molecule has 5 aromatic rings. The van der Waals surface area contributed by atoms with E-state index in [4.69, 9.17) is 9.88 Å². The van der Waals surface area contributed by atoms with Crippen LogP contribution >= 0.6 is 11.8 Å². The van der Waals surface area contributed by atoms with Crippen molar-refractivity contribution in [3.63, 3.8) is 0 Å². The molecule has 12 nitrogen and oxygen atoms in total. The fourth-order valence-electron chi connectivity index (χ4n) is 4.77. The van der Waals surface area contributed by atoms with Crippen molar-refractivity contribution < 1.29 is 22.3 Å². The number of carbonyl (C=O) groups excluding carboxylic acids is 1. The lowest BCUT2D eigenvalue weighted by Gasteiger charge is -2.22. The number of primary sulfonamides is 1. The molecular formula is C29H24FN7O5S2. The minimum atomic E-state index is -3.88. The average molecular weight is 634 g/mol. The van der Waals surface area contributed by atoms with Crippen LogP contribution in [0.4, 0.5) is 4.39 Å². The summed E-state index contributed by atoms with van der Waals surface area (Å²) in [6, 6.07) is 18.5. The zero-order valence-corrected chi connectivity index (χ0v) is 24.7. The molecule has 0 aliphatic carbocycles. The lowest BCUT2D eigenvalue weighted by molar-refractivity contribution is -0.130. The van der Waals surface area contributed by atoms with Gasteiger partial charge in [0.25, 0.3) is 11.5 Å². The SMILES string of the molecule is COc1ccc(C2=NN(C(=O)CSc3nc4c(cnn4-c4ccc(S(N)(=O)=O)cc4)c(=O)[nH]3)[C@H](c3ccc(F)cc3)C2)cc1. The Balaban J connectivity index is 1.26. The first-order valence-electron chi connectivity index (χ1n) is 13.1. The number of hydrogen-bond donors (Lipinski definition) is 2. The molecule has 1 atom stereocenters. The molecule has 0 saturated heterocycles. The maximum atomic E-state index is 13.7. The number of halogens is 1. The first-order valence-corrected chi connectivity index (χ1v) is 15.7. The molecule has 15 heteroatoms. The molecule has 6 rings (SSSR count). The van der Waals surface area contributed by atoms with E-state index >= 15 is 0 Å². The molecule has 0 unspecified atom stereocenters. The third kappa shape index (κ3) is 5.84. The van der Waals surface area contributed by atoms with Crippen LogP contribution in [0.3, 0.4) is 0 Å². The van der Waals surface area contributed by atoms with Gasteiger partial charge in [-0.1, -0.05) is 23.9 Å². The molecule has 1 amide bonds. The van der Waals surface area contributed by atoms with E-state index in [9.17, 15) is 22.4 Å². The molecule has 224 valence electrons. The number of rotatable bonds is 8. The van der Waals surface area contributed by atoms with Crippen molar-refractivity contribution in [2.45, 2.75) is 22.5 Å². The summed E-state index contributed by atoms with van der Waals surface area (Å²) in [6.07, 6.45) is 1.76. The van der Waals surface area contributed by atoms with E-state index in [-0.39, 0.29) is 38.6 Å². The topological polar surface area (TPSA) is 166 Å². The second-order valence-corrected chi connectivity index (χ2v) is 12.3. The largest absolute Gasteiger partial charge is 0.497 e. The average Bonchev–Trinajstić information content (AvgIpc) is 3.66. The minimum Gasteiger partial charge on any atom is -0.497 e. The number of nitrogens with one attached hydrogen (secondary N) is 1. The number of aromatic amines is 1. The zero-order chi connectivity index (χ0) is 31.0. The number of hydrazone groups is 1. The molecule has 1 aliphatic rings. The summed E-state index contributed by atoms with van der Waals surface area (Å²) in [5, 5.41) is 15.8. The van der Waals surface area contributed by atoms with Crippen LogP contribution in [0.5, 0.6) is 5.75 Å². The maximum Gasteiger partial charge on any atom is 0.262 e. The van der Waals surface area contributed by atoms with Crippen molar-refractivity contribution >= 4 is 44.4 Å². The molecule has 0 spiro atoms. The van der Waals surface area contributed by atoms with Crippen molar-refractivity contribution in [1.82, 2.24) is 24.8 Å². The molecule has 2 aromatic heterocycles. The fourth-order valence-corrected chi connectivity index (χ4v) is 6.00. The summed E-state index contributed by atoms with van der Waals surface area (Å²) in [7, 11) is -2.31. The Bertz CT molecular complexity index is 2060. The standard InChI is InChI=1S/C29H24FN7O5S2/c1-42-21-10-4-17(5-11-21)24-14-25(18-2-6-19(30)7-3-18)37(35-24)26(38)16-43-29-33-27-23(28(39)34-29)15-32-36(27)20-8-12-22(13-9-20)44(31,40)41/h2-13,15,25H,14,16H2,1H3,(H2,31,40,41)(H,33,34,39)/t25-/m0/s1. The van der Waals surface area contributed by atoms with Gasteiger partial charge in [-0.15, -0.1) is 0 Å². The van der Waals surface area contributed by atoms with Gasteiger partial charge in [0.15, 0.2) is 10.8 Å². The smallest absolute Gasteiger partial charge is 0.262 e. The summed E-state index contributed by atoms with van der Waals surface area (Å²) < 4.78 is 43.5. The molecular weight excluding hydrogens is 609 g/mol. The number of hydrogen-bond acceptors (Lipinski definition) is 9. The van der Waals surface area contributed by atoms with E-state index in [0.29, 0.717) is 23.6 Å². The van der Waals surface area contributed by atoms with Crippen LogP contribution in [0, 0.1) is 5.82 Å². The Kier molecular flexibility index (Phi) is 7.75. The van der Waals surface area contributed by atoms with Gasteiger partial charge < -0.3 is 9.72 Å². The van der Waals surface area contributed by atoms with Crippen LogP contribution in [-0.2, 0) is 14.8 Å². The van der Waals surface area contributed by atoms with E-state index in [1.807, 2.05) is 24.3 Å². The molecule has 44 heavy (non-hydrogen) atoms. The molecule has 0 radical (unpaired) electrons. The van der Waals surface area contributed by atoms with Crippen LogP contribution in [0.2, 0.25) is 0 Å². The molecule has 0 saturated carbocycles. The number of nitrogens with two attached hydrogens (primary N) is 1. The normalized spacial score (nSPS) is 15.0. The van der Waals surface area contributed by atoms with Crippen molar-refractivity contribution in [1.29, 1.82) is 0 Å². The van der Waals surface area contributed by atoms with Crippen molar-refractivity contribution in [3.8, 4) is 11.4 Å². The van der Waals surface area contributed by atoms with E-state index < -0.39 is 21.6 Å². The molecule has 3 heterocycles. The van der Waals surface area contributed by atoms with E-state index in [0.717, 1.165) is 22.9 Å². The zero-order valence-electron chi connectivity index (χ0n) is 23.0. The molecule has 3 aromatic carbocycles. The lowest BCUT2D eigenvalue weighted by Crippen LogP contribution is -2.28. The number of thioether (sulfide) groups is 1. The number of methoxy groups -OCH3 is 1. The number of amides is 1. The van der Waals surface area contributed by atoms with Gasteiger partial charge in [0.05, 0.1) is 41.4 Å². The van der Waals surface area contributed by atoms with Crippen molar-refractivity contribution in [2.24, 2.45) is 10.2 Å². The third-order valence-corrected chi connectivity index (χ3v) is 8.79. The number of fused-ring (bicyclic) bond motifs is 1. The van der Waals surface area contributed by atoms with E-state index in [1.165, 1.54) is 52.3 Å². The van der Waals surface area contributed by atoms with Crippen molar-refractivity contribution in [2.75, 3.05) is 12.9 Å². The second-order valence-electron chi connectivity index (χ2n) is 9.78. The number of aromatic nitrogens is 4. The van der Waals surface area contributed by atoms with Gasteiger partial charge in [0, 0.05) is 6.42 Å². The highest BCUT2D eigenvalue weighted by Gasteiger charge is 2.33. The van der Waals surface area contributed by atoms with Gasteiger partial charge in [-0.05, 0) is 71.8 Å². The summed E-state index contributed by atoms with van der Waals surface area (Å²) in [5.41, 5.74) is 2.45. The Morgan fingerprint density at radius 3 is 2.45 bits per heavy atom. The van der Waals surface area contributed by atoms with E-state index in [2.05, 4.69) is 20.2 Å². The fraction of sp³-hybridized carbons (Fsp3) is 0.138. The van der Waals surface area contributed by atoms with Crippen LogP contribution in [0.1, 0.15) is 23.6 Å². The monoisotopic (exact) mass is 633 g/mol. The number of nitrogens with zero attached hydrogens (tertiary/aromatic N) is 5. The number of ether oxygens (including phenoxy) is 1. The highest BCUT2D eigenvalue weighted by atomic mass is 32.2. The highest BCUT2D eigenvalue weighted by molar-refractivity contribution is 7.99. The van der Waals surface area contributed by atoms with Gasteiger partial charge in [-0.2, -0.15) is 10.2 Å². The number of carbonyl (C=O) groups is 1. The Hall–Kier alpha value is -4.86. The van der Waals surface area contributed by atoms with Crippen LogP contribution in [0.25, 0.3) is 16.7 Å². The minimum absolute atomic E-state index is 0.0723. The van der Waals surface area contributed by atoms with Crippen LogP contribution < -0.4 is 15.4 Å². The Morgan fingerprint density at radius 1 is 1.09 bits per heavy atom. The van der Waals surface area contributed by atoms with Gasteiger partial charge in [-0.3, -0.25) is 9.59 Å². The van der Waals surface area contributed by atoms with Gasteiger partial charge in [0.2, 0.25) is 10.0 Å². The first-order chi connectivity index (χ1) is 21.1. The predicted octanol–water partition coefficient (Wildman–Crippen LogP) is 3.37.